The second kappa shape index (κ2) is 5.54. The summed E-state index contributed by atoms with van der Waals surface area (Å²) in [7, 11) is 0. The van der Waals surface area contributed by atoms with Gasteiger partial charge in [0.25, 0.3) is 11.8 Å². The molecule has 1 aliphatic rings. The highest BCUT2D eigenvalue weighted by Crippen LogP contribution is 2.24. The normalized spacial score (nSPS) is 17.3. The topological polar surface area (TPSA) is 74.7 Å². The molecule has 0 unspecified atom stereocenters. The Bertz CT molecular complexity index is 518. The first kappa shape index (κ1) is 14.4. The maximum Gasteiger partial charge on any atom is 0.261 e. The molecule has 5 nitrogen and oxygen atoms in total. The second-order valence-electron chi connectivity index (χ2n) is 5.29. The molecule has 0 aromatic heterocycles. The van der Waals surface area contributed by atoms with Crippen molar-refractivity contribution in [3.05, 3.63) is 35.4 Å². The molecule has 0 fully saturated rings. The molecule has 1 heterocycles. The van der Waals surface area contributed by atoms with Gasteiger partial charge in [-0.25, -0.2) is 0 Å². The molecule has 0 spiro atoms. The van der Waals surface area contributed by atoms with Crippen molar-refractivity contribution in [2.24, 2.45) is 11.8 Å². The molecular weight excluding hydrogens is 258 g/mol. The van der Waals surface area contributed by atoms with Crippen LogP contribution in [0.5, 0.6) is 0 Å². The zero-order valence-electron chi connectivity index (χ0n) is 11.4. The second-order valence-corrected chi connectivity index (χ2v) is 5.29. The summed E-state index contributed by atoms with van der Waals surface area (Å²) >= 11 is 0. The van der Waals surface area contributed by atoms with Crippen LogP contribution in [0.15, 0.2) is 24.3 Å². The van der Waals surface area contributed by atoms with Crippen molar-refractivity contribution < 1.29 is 19.5 Å². The van der Waals surface area contributed by atoms with Gasteiger partial charge in [0.1, 0.15) is 6.29 Å². The van der Waals surface area contributed by atoms with Crippen LogP contribution in [0.3, 0.4) is 0 Å². The van der Waals surface area contributed by atoms with Crippen LogP contribution in [0.25, 0.3) is 0 Å². The molecule has 1 aromatic carbocycles. The molecular formula is C15H17NO4. The summed E-state index contributed by atoms with van der Waals surface area (Å²) in [6, 6.07) is 6.54. The van der Waals surface area contributed by atoms with E-state index in [1.165, 1.54) is 0 Å². The predicted molar refractivity (Wildman–Crippen MR) is 72.2 cm³/mol. The first-order valence-corrected chi connectivity index (χ1v) is 6.56. The fourth-order valence-electron chi connectivity index (χ4n) is 2.41. The van der Waals surface area contributed by atoms with Gasteiger partial charge in [0.15, 0.2) is 0 Å². The number of carbonyl (C=O) groups excluding carboxylic acids is 3. The molecule has 106 valence electrons. The fourth-order valence-corrected chi connectivity index (χ4v) is 2.41. The van der Waals surface area contributed by atoms with Crippen molar-refractivity contribution in [1.82, 2.24) is 4.90 Å². The van der Waals surface area contributed by atoms with Crippen LogP contribution in [-0.2, 0) is 4.79 Å². The Kier molecular flexibility index (Phi) is 3.99. The van der Waals surface area contributed by atoms with Crippen LogP contribution in [0.2, 0.25) is 0 Å². The summed E-state index contributed by atoms with van der Waals surface area (Å²) < 4.78 is 0. The molecule has 20 heavy (non-hydrogen) atoms. The number of aliphatic hydroxyl groups is 1. The van der Waals surface area contributed by atoms with Crippen LogP contribution < -0.4 is 0 Å². The average Bonchev–Trinajstić information content (AvgIpc) is 2.65. The number of aliphatic hydroxyl groups excluding tert-OH is 1. The standard InChI is InChI=1S/C15H17NO4/c1-9(2)12(8-17)13(18)7-16-14(19)10-5-3-4-6-11(10)15(16)20/h3-6,8-9,12-13,18H,7H2,1-2H3/t12-,13-/m0/s1. The molecule has 1 aromatic rings. The summed E-state index contributed by atoms with van der Waals surface area (Å²) in [6.07, 6.45) is -0.372. The first-order chi connectivity index (χ1) is 9.47. The molecule has 0 bridgehead atoms. The van der Waals surface area contributed by atoms with Gasteiger partial charge in [-0.05, 0) is 18.1 Å². The minimum atomic E-state index is -1.05. The van der Waals surface area contributed by atoms with Crippen molar-refractivity contribution in [1.29, 1.82) is 0 Å². The lowest BCUT2D eigenvalue weighted by Crippen LogP contribution is -2.41. The lowest BCUT2D eigenvalue weighted by molar-refractivity contribution is -0.116. The molecule has 2 amide bonds. The molecule has 2 atom stereocenters. The van der Waals surface area contributed by atoms with Gasteiger partial charge in [0, 0.05) is 5.92 Å². The van der Waals surface area contributed by atoms with Crippen LogP contribution in [0.4, 0.5) is 0 Å². The number of fused-ring (bicyclic) bond motifs is 1. The molecule has 0 radical (unpaired) electrons. The highest BCUT2D eigenvalue weighted by molar-refractivity contribution is 6.21. The summed E-state index contributed by atoms with van der Waals surface area (Å²) in [5.74, 6) is -1.49. The third-order valence-corrected chi connectivity index (χ3v) is 3.62. The maximum atomic E-state index is 12.1. The number of aldehydes is 1. The fraction of sp³-hybridized carbons (Fsp3) is 0.400. The van der Waals surface area contributed by atoms with E-state index in [9.17, 15) is 19.5 Å². The van der Waals surface area contributed by atoms with Crippen LogP contribution in [0.1, 0.15) is 34.6 Å². The largest absolute Gasteiger partial charge is 0.391 e. The van der Waals surface area contributed by atoms with Crippen LogP contribution in [-0.4, -0.2) is 40.8 Å². The van der Waals surface area contributed by atoms with Gasteiger partial charge in [-0.2, -0.15) is 0 Å². The number of carbonyl (C=O) groups is 3. The average molecular weight is 275 g/mol. The van der Waals surface area contributed by atoms with Gasteiger partial charge in [0.2, 0.25) is 0 Å². The number of rotatable bonds is 5. The van der Waals surface area contributed by atoms with E-state index in [1.54, 1.807) is 24.3 Å². The highest BCUT2D eigenvalue weighted by atomic mass is 16.3. The van der Waals surface area contributed by atoms with E-state index in [1.807, 2.05) is 13.8 Å². The van der Waals surface area contributed by atoms with Crippen molar-refractivity contribution >= 4 is 18.1 Å². The molecule has 1 aliphatic heterocycles. The van der Waals surface area contributed by atoms with E-state index in [0.29, 0.717) is 17.4 Å². The Morgan fingerprint density at radius 1 is 1.15 bits per heavy atom. The van der Waals surface area contributed by atoms with E-state index in [4.69, 9.17) is 0 Å². The Morgan fingerprint density at radius 2 is 1.65 bits per heavy atom. The lowest BCUT2D eigenvalue weighted by atomic mass is 9.91. The lowest BCUT2D eigenvalue weighted by Gasteiger charge is -2.24. The Balaban J connectivity index is 2.18. The third-order valence-electron chi connectivity index (χ3n) is 3.62. The number of hydrogen-bond acceptors (Lipinski definition) is 4. The Morgan fingerprint density at radius 3 is 2.05 bits per heavy atom. The number of nitrogens with zero attached hydrogens (tertiary/aromatic N) is 1. The summed E-state index contributed by atoms with van der Waals surface area (Å²) in [6.45, 7) is 3.46. The Labute approximate surface area is 117 Å². The molecule has 0 saturated heterocycles. The van der Waals surface area contributed by atoms with Gasteiger partial charge in [-0.3, -0.25) is 14.5 Å². The zero-order valence-corrected chi connectivity index (χ0v) is 11.4. The van der Waals surface area contributed by atoms with E-state index in [2.05, 4.69) is 0 Å². The molecule has 1 N–H and O–H groups in total. The minimum absolute atomic E-state index is 0.0577. The summed E-state index contributed by atoms with van der Waals surface area (Å²) in [4.78, 5) is 36.3. The summed E-state index contributed by atoms with van der Waals surface area (Å²) in [5, 5.41) is 10.1. The maximum absolute atomic E-state index is 12.1. The van der Waals surface area contributed by atoms with Crippen LogP contribution >= 0.6 is 0 Å². The van der Waals surface area contributed by atoms with E-state index >= 15 is 0 Å². The quantitative estimate of drug-likeness (QED) is 0.645. The van der Waals surface area contributed by atoms with Crippen molar-refractivity contribution in [2.75, 3.05) is 6.54 Å². The van der Waals surface area contributed by atoms with Gasteiger partial charge in [-0.15, -0.1) is 0 Å². The number of benzene rings is 1. The number of amides is 2. The number of imide groups is 1. The van der Waals surface area contributed by atoms with Gasteiger partial charge < -0.3 is 9.90 Å². The minimum Gasteiger partial charge on any atom is -0.391 e. The monoisotopic (exact) mass is 275 g/mol. The van der Waals surface area contributed by atoms with E-state index in [0.717, 1.165) is 4.90 Å². The Hall–Kier alpha value is -2.01. The molecule has 0 aliphatic carbocycles. The van der Waals surface area contributed by atoms with Gasteiger partial charge in [-0.1, -0.05) is 26.0 Å². The van der Waals surface area contributed by atoms with Crippen LogP contribution in [0, 0.1) is 11.8 Å². The first-order valence-electron chi connectivity index (χ1n) is 6.56. The van der Waals surface area contributed by atoms with E-state index < -0.39 is 23.8 Å². The van der Waals surface area contributed by atoms with Gasteiger partial charge in [0.05, 0.1) is 23.8 Å². The number of hydrogen-bond donors (Lipinski definition) is 1. The summed E-state index contributed by atoms with van der Waals surface area (Å²) in [5.41, 5.74) is 0.689. The molecule has 5 heteroatoms. The third kappa shape index (κ3) is 2.36. The predicted octanol–water partition coefficient (Wildman–Crippen LogP) is 1.11. The van der Waals surface area contributed by atoms with E-state index in [-0.39, 0.29) is 12.5 Å². The SMILES string of the molecule is CC(C)[C@H](C=O)[C@@H](O)CN1C(=O)c2ccccc2C1=O. The number of β-amino-alcohol motifs (C(OH)–C–C–N with tert-alkyl or cyclic N) is 1. The molecule has 2 rings (SSSR count). The van der Waals surface area contributed by atoms with Crippen molar-refractivity contribution in [3.63, 3.8) is 0 Å². The van der Waals surface area contributed by atoms with Crippen molar-refractivity contribution in [3.8, 4) is 0 Å². The highest BCUT2D eigenvalue weighted by Gasteiger charge is 2.37. The van der Waals surface area contributed by atoms with Crippen molar-refractivity contribution in [2.45, 2.75) is 20.0 Å². The smallest absolute Gasteiger partial charge is 0.261 e. The zero-order chi connectivity index (χ0) is 14.9. The molecule has 0 saturated carbocycles. The van der Waals surface area contributed by atoms with Gasteiger partial charge >= 0.3 is 0 Å².